The van der Waals surface area contributed by atoms with Crippen molar-refractivity contribution in [2.75, 3.05) is 52.4 Å². The third kappa shape index (κ3) is 3.66. The average molecular weight is 427 g/mol. The smallest absolute Gasteiger partial charge is 0.254 e. The van der Waals surface area contributed by atoms with Crippen LogP contribution in [0, 0.1) is 0 Å². The second-order valence-corrected chi connectivity index (χ2v) is 6.97. The summed E-state index contributed by atoms with van der Waals surface area (Å²) in [5.41, 5.74) is 1.87. The number of hydrogen-bond donors (Lipinski definition) is 0. The molecule has 0 bridgehead atoms. The molecule has 1 fully saturated rings. The number of nitrogens with zero attached hydrogens (tertiary/aromatic N) is 7. The first kappa shape index (κ1) is 20.6. The van der Waals surface area contributed by atoms with Crippen molar-refractivity contribution in [2.24, 2.45) is 0 Å². The number of hydrogen-bond acceptors (Lipinski definition) is 9. The van der Waals surface area contributed by atoms with Gasteiger partial charge in [-0.1, -0.05) is 5.21 Å². The first-order valence-electron chi connectivity index (χ1n) is 9.99. The maximum absolute atomic E-state index is 13.1. The molecule has 1 amide bonds. The van der Waals surface area contributed by atoms with Gasteiger partial charge in [-0.2, -0.15) is 0 Å². The Bertz CT molecular complexity index is 1070. The van der Waals surface area contributed by atoms with Crippen molar-refractivity contribution in [1.82, 2.24) is 29.9 Å². The summed E-state index contributed by atoms with van der Waals surface area (Å²) in [4.78, 5) is 25.8. The predicted molar refractivity (Wildman–Crippen MR) is 113 cm³/mol. The fourth-order valence-electron chi connectivity index (χ4n) is 3.73. The number of aryl methyl sites for hydroxylation is 1. The molecule has 1 aromatic carbocycles. The molecule has 3 heterocycles. The quantitative estimate of drug-likeness (QED) is 0.574. The lowest BCUT2D eigenvalue weighted by Crippen LogP contribution is -2.49. The Morgan fingerprint density at radius 3 is 2.26 bits per heavy atom. The number of rotatable bonds is 6. The van der Waals surface area contributed by atoms with Crippen LogP contribution in [0.15, 0.2) is 18.5 Å². The van der Waals surface area contributed by atoms with Gasteiger partial charge >= 0.3 is 0 Å². The topological polar surface area (TPSA) is 108 Å². The Hall–Kier alpha value is -3.63. The number of fused-ring (bicyclic) bond motifs is 1. The van der Waals surface area contributed by atoms with Gasteiger partial charge in [-0.3, -0.25) is 4.79 Å². The maximum atomic E-state index is 13.1. The van der Waals surface area contributed by atoms with Crippen LogP contribution >= 0.6 is 0 Å². The summed E-state index contributed by atoms with van der Waals surface area (Å²) in [5.74, 6) is 2.00. The monoisotopic (exact) mass is 427 g/mol. The average Bonchev–Trinajstić information content (AvgIpc) is 3.26. The van der Waals surface area contributed by atoms with Gasteiger partial charge < -0.3 is 24.0 Å². The summed E-state index contributed by atoms with van der Waals surface area (Å²) in [6.07, 6.45) is 1.53. The third-order valence-electron chi connectivity index (χ3n) is 5.36. The highest BCUT2D eigenvalue weighted by Gasteiger charge is 2.27. The van der Waals surface area contributed by atoms with Crippen LogP contribution in [-0.2, 0) is 6.54 Å². The molecule has 3 aromatic rings. The van der Waals surface area contributed by atoms with Crippen molar-refractivity contribution in [1.29, 1.82) is 0 Å². The molecule has 0 unspecified atom stereocenters. The normalized spacial score (nSPS) is 14.1. The zero-order valence-electron chi connectivity index (χ0n) is 18.0. The Morgan fingerprint density at radius 1 is 1.00 bits per heavy atom. The third-order valence-corrected chi connectivity index (χ3v) is 5.36. The van der Waals surface area contributed by atoms with E-state index in [4.69, 9.17) is 14.2 Å². The Morgan fingerprint density at radius 2 is 1.68 bits per heavy atom. The first-order chi connectivity index (χ1) is 15.1. The molecule has 11 heteroatoms. The van der Waals surface area contributed by atoms with E-state index < -0.39 is 0 Å². The molecule has 2 aromatic heterocycles. The highest BCUT2D eigenvalue weighted by molar-refractivity contribution is 5.96. The number of anilines is 1. The number of piperazine rings is 1. The highest BCUT2D eigenvalue weighted by Crippen LogP contribution is 2.38. The minimum Gasteiger partial charge on any atom is -0.493 e. The lowest BCUT2D eigenvalue weighted by Gasteiger charge is -2.35. The number of amides is 1. The zero-order valence-corrected chi connectivity index (χ0v) is 18.0. The van der Waals surface area contributed by atoms with Gasteiger partial charge in [-0.25, -0.2) is 14.6 Å². The molecule has 0 atom stereocenters. The fourth-order valence-corrected chi connectivity index (χ4v) is 3.73. The minimum atomic E-state index is -0.0938. The molecule has 164 valence electrons. The largest absolute Gasteiger partial charge is 0.493 e. The molecule has 11 nitrogen and oxygen atoms in total. The SMILES string of the molecule is CCn1nnc2c(N3CCN(C(=O)c4cc(OC)c(OC)c(OC)c4)CC3)ncnc21. The fraction of sp³-hybridized carbons (Fsp3) is 0.450. The van der Waals surface area contributed by atoms with E-state index in [1.165, 1.54) is 27.7 Å². The van der Waals surface area contributed by atoms with Crippen LogP contribution in [0.25, 0.3) is 11.2 Å². The van der Waals surface area contributed by atoms with Gasteiger partial charge in [-0.15, -0.1) is 5.10 Å². The second kappa shape index (κ2) is 8.62. The molecular formula is C20H25N7O4. The van der Waals surface area contributed by atoms with Crippen molar-refractivity contribution in [3.8, 4) is 17.2 Å². The number of benzene rings is 1. The van der Waals surface area contributed by atoms with Gasteiger partial charge in [0.25, 0.3) is 5.91 Å². The molecule has 1 saturated heterocycles. The summed E-state index contributed by atoms with van der Waals surface area (Å²) in [5, 5.41) is 8.38. The van der Waals surface area contributed by atoms with Crippen LogP contribution in [0.4, 0.5) is 5.82 Å². The molecule has 0 aliphatic carbocycles. The standard InChI is InChI=1S/C20H25N7O4/c1-5-27-19-16(23-24-27)18(21-12-22-19)25-6-8-26(9-7-25)20(28)13-10-14(29-2)17(31-4)15(11-13)30-3/h10-12H,5-9H2,1-4H3. The van der Waals surface area contributed by atoms with E-state index in [1.54, 1.807) is 21.7 Å². The van der Waals surface area contributed by atoms with Gasteiger partial charge in [0.1, 0.15) is 6.33 Å². The first-order valence-corrected chi connectivity index (χ1v) is 9.99. The molecule has 4 rings (SSSR count). The maximum Gasteiger partial charge on any atom is 0.254 e. The zero-order chi connectivity index (χ0) is 22.0. The number of ether oxygens (including phenoxy) is 3. The van der Waals surface area contributed by atoms with Gasteiger partial charge in [0, 0.05) is 38.3 Å². The van der Waals surface area contributed by atoms with E-state index >= 15 is 0 Å². The van der Waals surface area contributed by atoms with Crippen LogP contribution in [0.2, 0.25) is 0 Å². The molecule has 1 aliphatic heterocycles. The van der Waals surface area contributed by atoms with E-state index in [9.17, 15) is 4.79 Å². The molecule has 1 aliphatic rings. The van der Waals surface area contributed by atoms with Crippen LogP contribution in [0.5, 0.6) is 17.2 Å². The minimum absolute atomic E-state index is 0.0938. The van der Waals surface area contributed by atoms with Crippen molar-refractivity contribution >= 4 is 22.9 Å². The number of methoxy groups -OCH3 is 3. The van der Waals surface area contributed by atoms with E-state index in [0.717, 1.165) is 5.82 Å². The molecule has 0 saturated carbocycles. The number of carbonyl (C=O) groups excluding carboxylic acids is 1. The lowest BCUT2D eigenvalue weighted by atomic mass is 10.1. The van der Waals surface area contributed by atoms with E-state index in [1.807, 2.05) is 6.92 Å². The second-order valence-electron chi connectivity index (χ2n) is 6.97. The summed E-state index contributed by atoms with van der Waals surface area (Å²) < 4.78 is 17.8. The van der Waals surface area contributed by atoms with E-state index in [-0.39, 0.29) is 5.91 Å². The molecule has 0 radical (unpaired) electrons. The Balaban J connectivity index is 1.52. The highest BCUT2D eigenvalue weighted by atomic mass is 16.5. The summed E-state index contributed by atoms with van der Waals surface area (Å²) in [6, 6.07) is 3.35. The van der Waals surface area contributed by atoms with Gasteiger partial charge in [-0.05, 0) is 19.1 Å². The van der Waals surface area contributed by atoms with Crippen molar-refractivity contribution < 1.29 is 19.0 Å². The Labute approximate surface area is 179 Å². The van der Waals surface area contributed by atoms with Gasteiger partial charge in [0.05, 0.1) is 21.3 Å². The van der Waals surface area contributed by atoms with Crippen LogP contribution in [0.3, 0.4) is 0 Å². The van der Waals surface area contributed by atoms with E-state index in [0.29, 0.717) is 66.7 Å². The van der Waals surface area contributed by atoms with Crippen molar-refractivity contribution in [2.45, 2.75) is 13.5 Å². The lowest BCUT2D eigenvalue weighted by molar-refractivity contribution is 0.0745. The van der Waals surface area contributed by atoms with Crippen LogP contribution < -0.4 is 19.1 Å². The van der Waals surface area contributed by atoms with E-state index in [2.05, 4.69) is 25.2 Å². The molecular weight excluding hydrogens is 402 g/mol. The molecule has 0 spiro atoms. The van der Waals surface area contributed by atoms with Gasteiger partial charge in [0.2, 0.25) is 5.75 Å². The van der Waals surface area contributed by atoms with Crippen LogP contribution in [0.1, 0.15) is 17.3 Å². The number of carbonyl (C=O) groups is 1. The number of aromatic nitrogens is 5. The summed E-state index contributed by atoms with van der Waals surface area (Å²) in [6.45, 7) is 5.02. The van der Waals surface area contributed by atoms with Crippen molar-refractivity contribution in [3.05, 3.63) is 24.0 Å². The van der Waals surface area contributed by atoms with Gasteiger partial charge in [0.15, 0.2) is 28.5 Å². The summed E-state index contributed by atoms with van der Waals surface area (Å²) >= 11 is 0. The molecule has 31 heavy (non-hydrogen) atoms. The summed E-state index contributed by atoms with van der Waals surface area (Å²) in [7, 11) is 4.59. The predicted octanol–water partition coefficient (Wildman–Crippen LogP) is 1.23. The van der Waals surface area contributed by atoms with Crippen molar-refractivity contribution in [3.63, 3.8) is 0 Å². The Kier molecular flexibility index (Phi) is 5.74. The molecule has 0 N–H and O–H groups in total. The van der Waals surface area contributed by atoms with Crippen LogP contribution in [-0.4, -0.2) is 83.3 Å².